The quantitative estimate of drug-likeness (QED) is 0.857. The van der Waals surface area contributed by atoms with E-state index in [-0.39, 0.29) is 18.3 Å². The summed E-state index contributed by atoms with van der Waals surface area (Å²) in [6.07, 6.45) is 0.734. The van der Waals surface area contributed by atoms with Gasteiger partial charge in [0.25, 0.3) is 0 Å². The van der Waals surface area contributed by atoms with Crippen molar-refractivity contribution in [3.63, 3.8) is 0 Å². The number of nitrogens with zero attached hydrogens (tertiary/aromatic N) is 2. The van der Waals surface area contributed by atoms with Gasteiger partial charge in [-0.05, 0) is 25.1 Å². The molecule has 0 spiro atoms. The minimum absolute atomic E-state index is 0.178. The number of halogens is 2. The first-order chi connectivity index (χ1) is 9.02. The molecule has 19 heavy (non-hydrogen) atoms. The molecule has 0 fully saturated rings. The average molecular weight is 284 g/mol. The summed E-state index contributed by atoms with van der Waals surface area (Å²) in [5.74, 6) is 0.416. The van der Waals surface area contributed by atoms with Gasteiger partial charge < -0.3 is 10.3 Å². The van der Waals surface area contributed by atoms with Crippen molar-refractivity contribution in [2.24, 2.45) is 5.73 Å². The fourth-order valence-electron chi connectivity index (χ4n) is 2.25. The maximum atomic E-state index is 13.4. The van der Waals surface area contributed by atoms with Crippen LogP contribution in [0.5, 0.6) is 0 Å². The highest BCUT2D eigenvalue weighted by molar-refractivity contribution is 6.17. The Hall–Kier alpha value is -1.62. The van der Waals surface area contributed by atoms with Crippen LogP contribution in [0.25, 0.3) is 11.0 Å². The number of hydrogen-bond acceptors (Lipinski definition) is 2. The highest BCUT2D eigenvalue weighted by Gasteiger charge is 2.17. The van der Waals surface area contributed by atoms with Gasteiger partial charge in [0.1, 0.15) is 11.6 Å². The van der Waals surface area contributed by atoms with Gasteiger partial charge in [-0.2, -0.15) is 0 Å². The summed E-state index contributed by atoms with van der Waals surface area (Å²) in [6.45, 7) is 1.86. The largest absolute Gasteiger partial charge is 0.370 e. The molecule has 0 saturated carbocycles. The molecule has 0 aliphatic carbocycles. The van der Waals surface area contributed by atoms with Crippen LogP contribution in [0.2, 0.25) is 0 Å². The van der Waals surface area contributed by atoms with E-state index in [4.69, 9.17) is 17.3 Å². The van der Waals surface area contributed by atoms with Gasteiger partial charge in [-0.25, -0.2) is 9.37 Å². The molecule has 1 heterocycles. The predicted octanol–water partition coefficient (Wildman–Crippen LogP) is 2.39. The Bertz CT molecular complexity index is 611. The van der Waals surface area contributed by atoms with Crippen molar-refractivity contribution >= 4 is 28.5 Å². The summed E-state index contributed by atoms with van der Waals surface area (Å²) >= 11 is 5.76. The lowest BCUT2D eigenvalue weighted by Crippen LogP contribution is -2.19. The van der Waals surface area contributed by atoms with E-state index >= 15 is 0 Å². The van der Waals surface area contributed by atoms with Crippen LogP contribution in [-0.2, 0) is 11.2 Å². The van der Waals surface area contributed by atoms with Crippen LogP contribution < -0.4 is 5.73 Å². The van der Waals surface area contributed by atoms with E-state index < -0.39 is 5.91 Å². The van der Waals surface area contributed by atoms with Gasteiger partial charge in [-0.15, -0.1) is 11.6 Å². The Morgan fingerprint density at radius 1 is 1.58 bits per heavy atom. The van der Waals surface area contributed by atoms with Crippen molar-refractivity contribution < 1.29 is 9.18 Å². The Labute approximate surface area is 115 Å². The summed E-state index contributed by atoms with van der Waals surface area (Å²) < 4.78 is 15.2. The van der Waals surface area contributed by atoms with Gasteiger partial charge >= 0.3 is 0 Å². The molecule has 4 nitrogen and oxygen atoms in total. The number of aromatic nitrogens is 2. The summed E-state index contributed by atoms with van der Waals surface area (Å²) in [5.41, 5.74) is 6.58. The van der Waals surface area contributed by atoms with Crippen LogP contribution in [0.3, 0.4) is 0 Å². The van der Waals surface area contributed by atoms with E-state index in [2.05, 4.69) is 4.98 Å². The Kier molecular flexibility index (Phi) is 4.04. The van der Waals surface area contributed by atoms with Crippen LogP contribution >= 0.6 is 11.6 Å². The van der Waals surface area contributed by atoms with Crippen LogP contribution in [0, 0.1) is 5.82 Å². The number of rotatable bonds is 5. The second kappa shape index (κ2) is 5.57. The average Bonchev–Trinajstić information content (AvgIpc) is 2.65. The van der Waals surface area contributed by atoms with Crippen molar-refractivity contribution in [1.82, 2.24) is 9.55 Å². The molecule has 1 aromatic carbocycles. The molecule has 1 amide bonds. The maximum absolute atomic E-state index is 13.4. The van der Waals surface area contributed by atoms with Crippen LogP contribution in [-0.4, -0.2) is 21.3 Å². The van der Waals surface area contributed by atoms with Gasteiger partial charge in [0, 0.05) is 24.8 Å². The van der Waals surface area contributed by atoms with Crippen molar-refractivity contribution in [3.8, 4) is 0 Å². The molecule has 6 heteroatoms. The first-order valence-corrected chi connectivity index (χ1v) is 6.57. The number of alkyl halides is 1. The third kappa shape index (κ3) is 2.87. The predicted molar refractivity (Wildman–Crippen MR) is 72.6 cm³/mol. The highest BCUT2D eigenvalue weighted by atomic mass is 35.5. The lowest BCUT2D eigenvalue weighted by molar-refractivity contribution is -0.118. The molecule has 0 radical (unpaired) electrons. The number of carbonyl (C=O) groups excluding carboxylic acids is 1. The Morgan fingerprint density at radius 2 is 2.32 bits per heavy atom. The number of imidazole rings is 1. The van der Waals surface area contributed by atoms with E-state index in [0.29, 0.717) is 23.3 Å². The van der Waals surface area contributed by atoms with Crippen LogP contribution in [0.4, 0.5) is 4.39 Å². The number of carbonyl (C=O) groups is 1. The number of benzene rings is 1. The minimum atomic E-state index is -0.400. The van der Waals surface area contributed by atoms with E-state index in [1.54, 1.807) is 6.07 Å². The second-order valence-electron chi connectivity index (χ2n) is 4.49. The molecule has 102 valence electrons. The van der Waals surface area contributed by atoms with Crippen LogP contribution in [0.15, 0.2) is 18.2 Å². The smallest absolute Gasteiger partial charge is 0.219 e. The first kappa shape index (κ1) is 13.8. The molecule has 2 N–H and O–H groups in total. The molecule has 1 atom stereocenters. The third-order valence-electron chi connectivity index (χ3n) is 2.98. The fraction of sp³-hybridized carbons (Fsp3) is 0.385. The fourth-order valence-corrected chi connectivity index (χ4v) is 2.42. The Balaban J connectivity index is 2.55. The van der Waals surface area contributed by atoms with Crippen molar-refractivity contribution in [2.75, 3.05) is 5.88 Å². The summed E-state index contributed by atoms with van der Waals surface area (Å²) in [7, 11) is 0. The highest BCUT2D eigenvalue weighted by Crippen LogP contribution is 2.24. The van der Waals surface area contributed by atoms with Gasteiger partial charge in [-0.1, -0.05) is 0 Å². The van der Waals surface area contributed by atoms with Crippen molar-refractivity contribution in [1.29, 1.82) is 0 Å². The zero-order valence-corrected chi connectivity index (χ0v) is 11.3. The van der Waals surface area contributed by atoms with Gasteiger partial charge in [-0.3, -0.25) is 4.79 Å². The summed E-state index contributed by atoms with van der Waals surface area (Å²) in [4.78, 5) is 15.5. The molecule has 2 aromatic rings. The van der Waals surface area contributed by atoms with E-state index in [1.807, 2.05) is 11.5 Å². The Morgan fingerprint density at radius 3 is 2.95 bits per heavy atom. The van der Waals surface area contributed by atoms with Gasteiger partial charge in [0.05, 0.1) is 11.0 Å². The third-order valence-corrected chi connectivity index (χ3v) is 3.17. The minimum Gasteiger partial charge on any atom is -0.370 e. The molecular weight excluding hydrogens is 269 g/mol. The molecule has 0 bridgehead atoms. The molecule has 1 aromatic heterocycles. The topological polar surface area (TPSA) is 60.9 Å². The van der Waals surface area contributed by atoms with E-state index in [9.17, 15) is 9.18 Å². The molecular formula is C13H15ClFN3O. The number of aryl methyl sites for hydroxylation is 1. The molecule has 0 saturated heterocycles. The number of primary amides is 1. The monoisotopic (exact) mass is 283 g/mol. The molecule has 2 rings (SSSR count). The molecule has 0 aliphatic heterocycles. The van der Waals surface area contributed by atoms with Crippen molar-refractivity contribution in [2.45, 2.75) is 25.8 Å². The lowest BCUT2D eigenvalue weighted by atomic mass is 10.2. The molecule has 0 aliphatic rings. The first-order valence-electron chi connectivity index (χ1n) is 6.03. The lowest BCUT2D eigenvalue weighted by Gasteiger charge is -2.15. The zero-order chi connectivity index (χ0) is 14.0. The number of hydrogen-bond donors (Lipinski definition) is 1. The number of fused-ring (bicyclic) bond motifs is 1. The number of nitrogens with two attached hydrogens (primary N) is 1. The van der Waals surface area contributed by atoms with Crippen LogP contribution in [0.1, 0.15) is 25.2 Å². The summed E-state index contributed by atoms with van der Waals surface area (Å²) in [5, 5.41) is 0. The standard InChI is InChI=1S/C13H15ClFN3O/c1-8(6-12(16)19)18-11-7-9(15)2-3-10(11)17-13(18)4-5-14/h2-3,7-8H,4-6H2,1H3,(H2,16,19). The normalized spacial score (nSPS) is 12.8. The SMILES string of the molecule is CC(CC(N)=O)n1c(CCCl)nc2ccc(F)cc21. The van der Waals surface area contributed by atoms with E-state index in [0.717, 1.165) is 5.82 Å². The van der Waals surface area contributed by atoms with Gasteiger partial charge in [0.2, 0.25) is 5.91 Å². The van der Waals surface area contributed by atoms with E-state index in [1.165, 1.54) is 12.1 Å². The maximum Gasteiger partial charge on any atom is 0.219 e. The molecule has 1 unspecified atom stereocenters. The van der Waals surface area contributed by atoms with Crippen molar-refractivity contribution in [3.05, 3.63) is 29.8 Å². The second-order valence-corrected chi connectivity index (χ2v) is 4.87. The zero-order valence-electron chi connectivity index (χ0n) is 10.6. The summed E-state index contributed by atoms with van der Waals surface area (Å²) in [6, 6.07) is 4.22. The van der Waals surface area contributed by atoms with Gasteiger partial charge in [0.15, 0.2) is 0 Å². The number of amides is 1.